The summed E-state index contributed by atoms with van der Waals surface area (Å²) in [5, 5.41) is 8.82. The molecule has 0 saturated carbocycles. The zero-order chi connectivity index (χ0) is 18.1. The highest BCUT2D eigenvalue weighted by Crippen LogP contribution is 2.49. The molecule has 0 bridgehead atoms. The van der Waals surface area contributed by atoms with Gasteiger partial charge in [-0.05, 0) is 30.6 Å². The monoisotopic (exact) mass is 320 g/mol. The van der Waals surface area contributed by atoms with E-state index in [1.807, 2.05) is 26.8 Å². The molecular formula is C20H32O3. The largest absolute Gasteiger partial charge is 0.389 e. The van der Waals surface area contributed by atoms with Gasteiger partial charge in [-0.2, -0.15) is 0 Å². The number of aliphatic hydroxyl groups is 1. The quantitative estimate of drug-likeness (QED) is 0.796. The number of Topliss-reactive ketones (excluding diaryl/α,β-unsaturated/α-hetero) is 2. The Kier molecular flexibility index (Phi) is 5.47. The summed E-state index contributed by atoms with van der Waals surface area (Å²) in [4.78, 5) is 22.8. The molecule has 0 aromatic carbocycles. The van der Waals surface area contributed by atoms with Crippen molar-refractivity contribution in [3.8, 4) is 0 Å². The Hall–Kier alpha value is -1.22. The number of hydrogen-bond acceptors (Lipinski definition) is 3. The predicted molar refractivity (Wildman–Crippen MR) is 94.1 cm³/mol. The van der Waals surface area contributed by atoms with E-state index in [9.17, 15) is 9.59 Å². The Morgan fingerprint density at radius 1 is 0.870 bits per heavy atom. The second-order valence-electron chi connectivity index (χ2n) is 8.46. The van der Waals surface area contributed by atoms with Crippen molar-refractivity contribution in [2.24, 2.45) is 21.7 Å². The maximum absolute atomic E-state index is 11.5. The summed E-state index contributed by atoms with van der Waals surface area (Å²) in [7, 11) is 0. The second kappa shape index (κ2) is 6.35. The third-order valence-electron chi connectivity index (χ3n) is 6.50. The normalized spacial score (nSPS) is 33.2. The average Bonchev–Trinajstić information content (AvgIpc) is 2.88. The van der Waals surface area contributed by atoms with Crippen LogP contribution in [-0.4, -0.2) is 23.3 Å². The predicted octanol–water partition coefficient (Wildman–Crippen LogP) is 4.11. The van der Waals surface area contributed by atoms with Gasteiger partial charge in [0.15, 0.2) is 5.78 Å². The van der Waals surface area contributed by atoms with Gasteiger partial charge in [-0.15, -0.1) is 0 Å². The van der Waals surface area contributed by atoms with Crippen LogP contribution in [0, 0.1) is 21.7 Å². The highest BCUT2D eigenvalue weighted by atomic mass is 16.3. The number of hydrogen-bond donors (Lipinski definition) is 1. The maximum Gasteiger partial charge on any atom is 0.165 e. The SMILES string of the molecule is CC(=O)C1(C)CC=CC1(C)C.CC1(C)C=CCC1(C)C(=O)CO. The van der Waals surface area contributed by atoms with E-state index in [1.54, 1.807) is 6.92 Å². The zero-order valence-electron chi connectivity index (χ0n) is 15.7. The summed E-state index contributed by atoms with van der Waals surface area (Å²) in [5.74, 6) is 0.241. The molecule has 0 aromatic rings. The van der Waals surface area contributed by atoms with Gasteiger partial charge < -0.3 is 5.11 Å². The number of ketones is 2. The summed E-state index contributed by atoms with van der Waals surface area (Å²) in [6.07, 6.45) is 9.98. The Morgan fingerprint density at radius 2 is 1.26 bits per heavy atom. The molecule has 2 aliphatic rings. The van der Waals surface area contributed by atoms with E-state index in [2.05, 4.69) is 39.0 Å². The Labute approximate surface area is 140 Å². The fourth-order valence-electron chi connectivity index (χ4n) is 3.32. The Morgan fingerprint density at radius 3 is 1.48 bits per heavy atom. The van der Waals surface area contributed by atoms with Crippen molar-refractivity contribution in [1.82, 2.24) is 0 Å². The van der Waals surface area contributed by atoms with Crippen LogP contribution in [0.2, 0.25) is 0 Å². The molecule has 0 fully saturated rings. The van der Waals surface area contributed by atoms with Crippen LogP contribution >= 0.6 is 0 Å². The smallest absolute Gasteiger partial charge is 0.165 e. The molecule has 3 heteroatoms. The minimum Gasteiger partial charge on any atom is -0.389 e. The van der Waals surface area contributed by atoms with Gasteiger partial charge in [0.1, 0.15) is 12.4 Å². The fourth-order valence-corrected chi connectivity index (χ4v) is 3.32. The van der Waals surface area contributed by atoms with Crippen molar-refractivity contribution in [2.75, 3.05) is 6.61 Å². The lowest BCUT2D eigenvalue weighted by atomic mass is 9.66. The molecule has 2 atom stereocenters. The second-order valence-corrected chi connectivity index (χ2v) is 8.46. The van der Waals surface area contributed by atoms with E-state index < -0.39 is 5.41 Å². The molecule has 0 aromatic heterocycles. The molecule has 2 unspecified atom stereocenters. The van der Waals surface area contributed by atoms with E-state index in [-0.39, 0.29) is 28.6 Å². The summed E-state index contributed by atoms with van der Waals surface area (Å²) >= 11 is 0. The highest BCUT2D eigenvalue weighted by Gasteiger charge is 2.47. The van der Waals surface area contributed by atoms with E-state index in [1.165, 1.54) is 0 Å². The van der Waals surface area contributed by atoms with Gasteiger partial charge in [-0.25, -0.2) is 0 Å². The van der Waals surface area contributed by atoms with Crippen molar-refractivity contribution < 1.29 is 14.7 Å². The lowest BCUT2D eigenvalue weighted by Gasteiger charge is -2.36. The molecule has 0 heterocycles. The van der Waals surface area contributed by atoms with Gasteiger partial charge in [0, 0.05) is 10.8 Å². The molecule has 130 valence electrons. The third kappa shape index (κ3) is 3.35. The summed E-state index contributed by atoms with van der Waals surface area (Å²) < 4.78 is 0. The van der Waals surface area contributed by atoms with Crippen LogP contribution in [-0.2, 0) is 9.59 Å². The number of aliphatic hydroxyl groups excluding tert-OH is 1. The fraction of sp³-hybridized carbons (Fsp3) is 0.700. The highest BCUT2D eigenvalue weighted by molar-refractivity contribution is 5.87. The summed E-state index contributed by atoms with van der Waals surface area (Å²) in [6.45, 7) is 13.6. The minimum atomic E-state index is -0.401. The van der Waals surface area contributed by atoms with Gasteiger partial charge >= 0.3 is 0 Å². The molecule has 2 rings (SSSR count). The van der Waals surface area contributed by atoms with Gasteiger partial charge in [-0.1, -0.05) is 65.8 Å². The average molecular weight is 320 g/mol. The summed E-state index contributed by atoms with van der Waals surface area (Å²) in [5.41, 5.74) is -0.638. The number of allylic oxidation sites excluding steroid dienone is 4. The maximum atomic E-state index is 11.5. The van der Waals surface area contributed by atoms with Crippen LogP contribution in [0.15, 0.2) is 24.3 Å². The van der Waals surface area contributed by atoms with Crippen molar-refractivity contribution in [3.05, 3.63) is 24.3 Å². The molecule has 3 nitrogen and oxygen atoms in total. The lowest BCUT2D eigenvalue weighted by Crippen LogP contribution is -2.39. The zero-order valence-corrected chi connectivity index (χ0v) is 15.7. The van der Waals surface area contributed by atoms with Crippen molar-refractivity contribution in [3.63, 3.8) is 0 Å². The lowest BCUT2D eigenvalue weighted by molar-refractivity contribution is -0.134. The molecule has 23 heavy (non-hydrogen) atoms. The van der Waals surface area contributed by atoms with Crippen LogP contribution in [0.25, 0.3) is 0 Å². The third-order valence-corrected chi connectivity index (χ3v) is 6.50. The van der Waals surface area contributed by atoms with Crippen molar-refractivity contribution in [1.29, 1.82) is 0 Å². The Balaban J connectivity index is 0.000000231. The van der Waals surface area contributed by atoms with Gasteiger partial charge in [0.2, 0.25) is 0 Å². The standard InChI is InChI=1S/C10H16O2.C10H16O/c1-9(2)5-4-6-10(9,3)8(12)7-11;1-8(11)10(4)7-5-6-9(10,2)3/h4-5,11H,6-7H2,1-3H3;5-6H,7H2,1-4H3. The van der Waals surface area contributed by atoms with Crippen LogP contribution in [0.5, 0.6) is 0 Å². The molecule has 0 saturated heterocycles. The first-order valence-electron chi connectivity index (χ1n) is 8.35. The summed E-state index contributed by atoms with van der Waals surface area (Å²) in [6, 6.07) is 0. The molecule has 0 aliphatic heterocycles. The van der Waals surface area contributed by atoms with Gasteiger partial charge in [0.05, 0.1) is 0 Å². The molecule has 0 spiro atoms. The minimum absolute atomic E-state index is 0.0405. The van der Waals surface area contributed by atoms with Crippen LogP contribution in [0.1, 0.15) is 61.3 Å². The topological polar surface area (TPSA) is 54.4 Å². The molecule has 2 aliphatic carbocycles. The van der Waals surface area contributed by atoms with Crippen LogP contribution < -0.4 is 0 Å². The van der Waals surface area contributed by atoms with Crippen LogP contribution in [0.4, 0.5) is 0 Å². The molecule has 0 amide bonds. The van der Waals surface area contributed by atoms with E-state index in [0.29, 0.717) is 5.78 Å². The molecule has 1 N–H and O–H groups in total. The number of carbonyl (C=O) groups excluding carboxylic acids is 2. The first-order valence-corrected chi connectivity index (χ1v) is 8.35. The van der Waals surface area contributed by atoms with E-state index >= 15 is 0 Å². The van der Waals surface area contributed by atoms with E-state index in [4.69, 9.17) is 5.11 Å². The number of carbonyl (C=O) groups is 2. The first-order chi connectivity index (χ1) is 10.3. The van der Waals surface area contributed by atoms with Crippen molar-refractivity contribution >= 4 is 11.6 Å². The van der Waals surface area contributed by atoms with Gasteiger partial charge in [0.25, 0.3) is 0 Å². The number of rotatable bonds is 3. The van der Waals surface area contributed by atoms with Crippen molar-refractivity contribution in [2.45, 2.75) is 61.3 Å². The molecule has 0 radical (unpaired) electrons. The van der Waals surface area contributed by atoms with Gasteiger partial charge in [-0.3, -0.25) is 9.59 Å². The molecular weight excluding hydrogens is 288 g/mol. The van der Waals surface area contributed by atoms with E-state index in [0.717, 1.165) is 12.8 Å². The van der Waals surface area contributed by atoms with Crippen LogP contribution in [0.3, 0.4) is 0 Å². The first kappa shape index (κ1) is 19.8. The Bertz CT molecular complexity index is 539.